The van der Waals surface area contributed by atoms with Gasteiger partial charge in [-0.1, -0.05) is 18.2 Å². The van der Waals surface area contributed by atoms with Crippen molar-refractivity contribution in [2.75, 3.05) is 6.54 Å². The topological polar surface area (TPSA) is 46.9 Å². The molecule has 0 spiro atoms. The third-order valence-electron chi connectivity index (χ3n) is 3.26. The third-order valence-corrected chi connectivity index (χ3v) is 3.26. The van der Waals surface area contributed by atoms with Gasteiger partial charge < -0.3 is 5.32 Å². The van der Waals surface area contributed by atoms with Gasteiger partial charge >= 0.3 is 0 Å². The maximum absolute atomic E-state index is 12.1. The number of aryl methyl sites for hydroxylation is 1. The Kier molecular flexibility index (Phi) is 4.23. The predicted molar refractivity (Wildman–Crippen MR) is 81.8 cm³/mol. The number of benzene rings is 1. The number of nitrogens with one attached hydrogen (secondary N) is 1. The second kappa shape index (κ2) is 5.75. The minimum atomic E-state index is 0.0535. The van der Waals surface area contributed by atoms with Crippen molar-refractivity contribution >= 4 is 16.7 Å². The maximum atomic E-state index is 12.1. The lowest BCUT2D eigenvalue weighted by Gasteiger charge is -2.19. The molecule has 1 aromatic heterocycles. The Morgan fingerprint density at radius 2 is 2.00 bits per heavy atom. The van der Waals surface area contributed by atoms with E-state index in [-0.39, 0.29) is 11.3 Å². The molecule has 0 saturated carbocycles. The SMILES string of the molecule is Cn1nc(CC(=O)CCNC(C)(C)C)c2ccccc21. The van der Waals surface area contributed by atoms with Crippen LogP contribution in [-0.4, -0.2) is 27.6 Å². The van der Waals surface area contributed by atoms with Gasteiger partial charge in [-0.05, 0) is 26.8 Å². The summed E-state index contributed by atoms with van der Waals surface area (Å²) >= 11 is 0. The first-order valence-electron chi connectivity index (χ1n) is 7.04. The molecule has 1 N–H and O–H groups in total. The summed E-state index contributed by atoms with van der Waals surface area (Å²) in [5.41, 5.74) is 2.00. The van der Waals surface area contributed by atoms with E-state index in [0.29, 0.717) is 19.4 Å². The first-order valence-corrected chi connectivity index (χ1v) is 7.04. The zero-order chi connectivity index (χ0) is 14.8. The fraction of sp³-hybridized carbons (Fsp3) is 0.500. The lowest BCUT2D eigenvalue weighted by atomic mass is 10.1. The second-order valence-corrected chi connectivity index (χ2v) is 6.23. The van der Waals surface area contributed by atoms with E-state index >= 15 is 0 Å². The van der Waals surface area contributed by atoms with Crippen molar-refractivity contribution in [2.24, 2.45) is 7.05 Å². The molecule has 20 heavy (non-hydrogen) atoms. The first-order chi connectivity index (χ1) is 9.37. The van der Waals surface area contributed by atoms with Gasteiger partial charge in [0, 0.05) is 30.9 Å². The molecule has 0 aliphatic rings. The number of hydrogen-bond donors (Lipinski definition) is 1. The van der Waals surface area contributed by atoms with Crippen molar-refractivity contribution in [2.45, 2.75) is 39.2 Å². The number of ketones is 1. The fourth-order valence-electron chi connectivity index (χ4n) is 2.27. The van der Waals surface area contributed by atoms with Gasteiger partial charge in [0.1, 0.15) is 5.78 Å². The number of aromatic nitrogens is 2. The van der Waals surface area contributed by atoms with Crippen LogP contribution < -0.4 is 5.32 Å². The molecule has 2 rings (SSSR count). The smallest absolute Gasteiger partial charge is 0.140 e. The van der Waals surface area contributed by atoms with Crippen LogP contribution in [0.15, 0.2) is 24.3 Å². The monoisotopic (exact) mass is 273 g/mol. The summed E-state index contributed by atoms with van der Waals surface area (Å²) < 4.78 is 1.84. The number of Topliss-reactive ketones (excluding diaryl/α,β-unsaturated/α-hetero) is 1. The van der Waals surface area contributed by atoms with Gasteiger partial charge in [-0.15, -0.1) is 0 Å². The van der Waals surface area contributed by atoms with E-state index in [4.69, 9.17) is 0 Å². The van der Waals surface area contributed by atoms with Crippen LogP contribution in [0, 0.1) is 0 Å². The molecule has 108 valence electrons. The zero-order valence-corrected chi connectivity index (χ0v) is 12.7. The molecule has 0 saturated heterocycles. The van der Waals surface area contributed by atoms with E-state index < -0.39 is 0 Å². The normalized spacial score (nSPS) is 12.0. The molecular formula is C16H23N3O. The van der Waals surface area contributed by atoms with E-state index in [1.165, 1.54) is 0 Å². The summed E-state index contributed by atoms with van der Waals surface area (Å²) in [5, 5.41) is 8.87. The van der Waals surface area contributed by atoms with Crippen LogP contribution >= 0.6 is 0 Å². The summed E-state index contributed by atoms with van der Waals surface area (Å²) in [5.74, 6) is 0.227. The predicted octanol–water partition coefficient (Wildman–Crippen LogP) is 2.46. The van der Waals surface area contributed by atoms with Crippen molar-refractivity contribution in [3.8, 4) is 0 Å². The van der Waals surface area contributed by atoms with Crippen molar-refractivity contribution in [1.29, 1.82) is 0 Å². The average Bonchev–Trinajstić information content (AvgIpc) is 2.65. The van der Waals surface area contributed by atoms with Crippen LogP contribution in [0.25, 0.3) is 10.9 Å². The Bertz CT molecular complexity index is 608. The lowest BCUT2D eigenvalue weighted by molar-refractivity contribution is -0.118. The summed E-state index contributed by atoms with van der Waals surface area (Å²) in [7, 11) is 1.91. The number of carbonyl (C=O) groups is 1. The maximum Gasteiger partial charge on any atom is 0.140 e. The number of para-hydroxylation sites is 1. The molecule has 0 unspecified atom stereocenters. The average molecular weight is 273 g/mol. The molecule has 4 nitrogen and oxygen atoms in total. The van der Waals surface area contributed by atoms with Crippen LogP contribution in [0.3, 0.4) is 0 Å². The van der Waals surface area contributed by atoms with E-state index in [1.807, 2.05) is 36.0 Å². The Balaban J connectivity index is 2.00. The highest BCUT2D eigenvalue weighted by molar-refractivity contribution is 5.88. The van der Waals surface area contributed by atoms with E-state index in [9.17, 15) is 4.79 Å². The lowest BCUT2D eigenvalue weighted by Crippen LogP contribution is -2.37. The minimum absolute atomic E-state index is 0.0535. The number of carbonyl (C=O) groups excluding carboxylic acids is 1. The molecule has 2 aromatic rings. The highest BCUT2D eigenvalue weighted by Gasteiger charge is 2.13. The highest BCUT2D eigenvalue weighted by atomic mass is 16.1. The first kappa shape index (κ1) is 14.7. The van der Waals surface area contributed by atoms with Crippen LogP contribution in [-0.2, 0) is 18.3 Å². The van der Waals surface area contributed by atoms with Crippen LogP contribution in [0.4, 0.5) is 0 Å². The van der Waals surface area contributed by atoms with E-state index in [2.05, 4.69) is 31.2 Å². The number of nitrogens with zero attached hydrogens (tertiary/aromatic N) is 2. The Hall–Kier alpha value is -1.68. The third kappa shape index (κ3) is 3.67. The minimum Gasteiger partial charge on any atom is -0.312 e. The summed E-state index contributed by atoms with van der Waals surface area (Å²) in [4.78, 5) is 12.1. The van der Waals surface area contributed by atoms with Gasteiger partial charge in [-0.3, -0.25) is 9.48 Å². The van der Waals surface area contributed by atoms with Crippen LogP contribution in [0.1, 0.15) is 32.9 Å². The number of fused-ring (bicyclic) bond motifs is 1. The molecule has 1 heterocycles. The largest absolute Gasteiger partial charge is 0.312 e. The number of hydrogen-bond acceptors (Lipinski definition) is 3. The molecule has 0 radical (unpaired) electrons. The number of rotatable bonds is 5. The molecule has 4 heteroatoms. The van der Waals surface area contributed by atoms with E-state index in [0.717, 1.165) is 16.6 Å². The van der Waals surface area contributed by atoms with Crippen molar-refractivity contribution in [3.05, 3.63) is 30.0 Å². The van der Waals surface area contributed by atoms with Crippen LogP contribution in [0.2, 0.25) is 0 Å². The van der Waals surface area contributed by atoms with Gasteiger partial charge in [-0.25, -0.2) is 0 Å². The van der Waals surface area contributed by atoms with Crippen LogP contribution in [0.5, 0.6) is 0 Å². The summed E-state index contributed by atoms with van der Waals surface area (Å²) in [6.45, 7) is 7.02. The Morgan fingerprint density at radius 1 is 1.30 bits per heavy atom. The molecule has 0 amide bonds. The quantitative estimate of drug-likeness (QED) is 0.910. The zero-order valence-electron chi connectivity index (χ0n) is 12.7. The fourth-order valence-corrected chi connectivity index (χ4v) is 2.27. The van der Waals surface area contributed by atoms with E-state index in [1.54, 1.807) is 0 Å². The van der Waals surface area contributed by atoms with Crippen molar-refractivity contribution < 1.29 is 4.79 Å². The second-order valence-electron chi connectivity index (χ2n) is 6.23. The molecule has 0 fully saturated rings. The van der Waals surface area contributed by atoms with Gasteiger partial charge in [0.25, 0.3) is 0 Å². The van der Waals surface area contributed by atoms with Crippen molar-refractivity contribution in [3.63, 3.8) is 0 Å². The molecule has 0 aliphatic heterocycles. The molecule has 0 bridgehead atoms. The standard InChI is InChI=1S/C16H23N3O/c1-16(2,3)17-10-9-12(20)11-14-13-7-5-6-8-15(13)19(4)18-14/h5-8,17H,9-11H2,1-4H3. The van der Waals surface area contributed by atoms with Gasteiger partial charge in [0.15, 0.2) is 0 Å². The van der Waals surface area contributed by atoms with Gasteiger partial charge in [-0.2, -0.15) is 5.10 Å². The summed E-state index contributed by atoms with van der Waals surface area (Å²) in [6, 6.07) is 8.03. The Morgan fingerprint density at radius 3 is 2.70 bits per heavy atom. The molecule has 1 aromatic carbocycles. The Labute approximate surface area is 120 Å². The molecule has 0 aliphatic carbocycles. The van der Waals surface area contributed by atoms with Crippen molar-refractivity contribution in [1.82, 2.24) is 15.1 Å². The van der Waals surface area contributed by atoms with Gasteiger partial charge in [0.05, 0.1) is 17.6 Å². The highest BCUT2D eigenvalue weighted by Crippen LogP contribution is 2.18. The van der Waals surface area contributed by atoms with Gasteiger partial charge in [0.2, 0.25) is 0 Å². The molecule has 0 atom stereocenters. The summed E-state index contributed by atoms with van der Waals surface area (Å²) in [6.07, 6.45) is 0.954. The molecular weight excluding hydrogens is 250 g/mol.